The highest BCUT2D eigenvalue weighted by molar-refractivity contribution is 6.35. The molecule has 0 fully saturated rings. The van der Waals surface area contributed by atoms with Gasteiger partial charge in [0.15, 0.2) is 5.82 Å². The van der Waals surface area contributed by atoms with Crippen molar-refractivity contribution in [3.8, 4) is 11.3 Å². The van der Waals surface area contributed by atoms with Crippen LogP contribution in [0, 0.1) is 0 Å². The minimum atomic E-state index is -0.383. The summed E-state index contributed by atoms with van der Waals surface area (Å²) in [6.07, 6.45) is 9.06. The summed E-state index contributed by atoms with van der Waals surface area (Å²) in [7, 11) is 1.78. The average molecular weight is 517 g/mol. The van der Waals surface area contributed by atoms with Crippen LogP contribution < -0.4 is 16.2 Å². The molecular formula is C26H25ClN8O2. The smallest absolute Gasteiger partial charge is 0.294 e. The van der Waals surface area contributed by atoms with Gasteiger partial charge in [0.2, 0.25) is 5.91 Å². The fraction of sp³-hybridized carbons (Fsp3) is 0.192. The second-order valence-corrected chi connectivity index (χ2v) is 9.01. The summed E-state index contributed by atoms with van der Waals surface area (Å²) in [5, 5.41) is 11.5. The highest BCUT2D eigenvalue weighted by atomic mass is 35.5. The van der Waals surface area contributed by atoms with Crippen LogP contribution in [0.3, 0.4) is 0 Å². The number of nitrogens with zero attached hydrogens (tertiary/aromatic N) is 5. The molecule has 0 atom stereocenters. The summed E-state index contributed by atoms with van der Waals surface area (Å²) < 4.78 is 3.04. The molecule has 5 aromatic rings. The first-order valence-corrected chi connectivity index (χ1v) is 12.1. The lowest BCUT2D eigenvalue weighted by atomic mass is 10.1. The van der Waals surface area contributed by atoms with Crippen LogP contribution in [0.4, 0.5) is 5.82 Å². The highest BCUT2D eigenvalue weighted by Crippen LogP contribution is 2.22. The lowest BCUT2D eigenvalue weighted by molar-refractivity contribution is -0.121. The van der Waals surface area contributed by atoms with Crippen LogP contribution in [-0.4, -0.2) is 41.8 Å². The molecule has 1 aromatic carbocycles. The molecular weight excluding hydrogens is 492 g/mol. The van der Waals surface area contributed by atoms with E-state index >= 15 is 0 Å². The van der Waals surface area contributed by atoms with Crippen LogP contribution in [0.15, 0.2) is 72.2 Å². The predicted molar refractivity (Wildman–Crippen MR) is 142 cm³/mol. The van der Waals surface area contributed by atoms with Crippen molar-refractivity contribution in [1.82, 2.24) is 34.6 Å². The van der Waals surface area contributed by atoms with Gasteiger partial charge >= 0.3 is 0 Å². The number of amides is 1. The van der Waals surface area contributed by atoms with Crippen molar-refractivity contribution in [2.75, 3.05) is 11.9 Å². The molecule has 0 unspecified atom stereocenters. The number of H-pyrrole nitrogens is 1. The van der Waals surface area contributed by atoms with Crippen molar-refractivity contribution in [1.29, 1.82) is 0 Å². The molecule has 37 heavy (non-hydrogen) atoms. The first-order chi connectivity index (χ1) is 18.0. The third-order valence-electron chi connectivity index (χ3n) is 5.93. The number of nitrogens with one attached hydrogen (secondary N) is 3. The number of fused-ring (bicyclic) bond motifs is 1. The SMILES string of the molecule is Cn1cc(-c2cnc(NCCc3ccccc3)c(=O)n2CC(=O)NCc2cnc3[nH]cc(Cl)c3c2)cn1. The Labute approximate surface area is 217 Å². The van der Waals surface area contributed by atoms with Gasteiger partial charge in [0.05, 0.1) is 23.1 Å². The number of aryl methyl sites for hydroxylation is 1. The number of rotatable bonds is 9. The molecule has 0 aliphatic rings. The van der Waals surface area contributed by atoms with Crippen molar-refractivity contribution in [3.63, 3.8) is 0 Å². The zero-order valence-electron chi connectivity index (χ0n) is 20.1. The van der Waals surface area contributed by atoms with Crippen molar-refractivity contribution in [3.05, 3.63) is 93.9 Å². The summed E-state index contributed by atoms with van der Waals surface area (Å²) in [6.45, 7) is 0.592. The first-order valence-electron chi connectivity index (χ1n) is 11.7. The van der Waals surface area contributed by atoms with E-state index in [-0.39, 0.29) is 30.4 Å². The normalized spacial score (nSPS) is 11.1. The van der Waals surface area contributed by atoms with Crippen LogP contribution in [0.1, 0.15) is 11.1 Å². The number of aromatic nitrogens is 6. The molecule has 0 spiro atoms. The van der Waals surface area contributed by atoms with E-state index in [1.807, 2.05) is 36.4 Å². The topological polar surface area (TPSA) is 123 Å². The Bertz CT molecular complexity index is 1610. The zero-order chi connectivity index (χ0) is 25.8. The van der Waals surface area contributed by atoms with E-state index in [0.29, 0.717) is 28.5 Å². The second kappa shape index (κ2) is 10.7. The van der Waals surface area contributed by atoms with Gasteiger partial charge in [-0.25, -0.2) is 9.97 Å². The van der Waals surface area contributed by atoms with Crippen LogP contribution >= 0.6 is 11.6 Å². The minimum absolute atomic E-state index is 0.181. The van der Waals surface area contributed by atoms with E-state index in [2.05, 4.69) is 30.7 Å². The van der Waals surface area contributed by atoms with Gasteiger partial charge in [-0.05, 0) is 23.6 Å². The molecule has 0 bridgehead atoms. The van der Waals surface area contributed by atoms with Crippen molar-refractivity contribution < 1.29 is 4.79 Å². The fourth-order valence-corrected chi connectivity index (χ4v) is 4.23. The number of anilines is 1. The third kappa shape index (κ3) is 5.54. The standard InChI is InChI=1S/C26H25ClN8O2/c1-34-15-19(12-33-34)22-14-32-25(28-8-7-17-5-3-2-4-6-17)26(37)35(22)16-23(36)29-10-18-9-20-21(27)13-31-24(20)30-11-18/h2-6,9,11-15H,7-8,10,16H2,1H3,(H,28,32)(H,29,36)(H,30,31). The molecule has 0 saturated carbocycles. The molecule has 5 rings (SSSR count). The van der Waals surface area contributed by atoms with Gasteiger partial charge in [-0.2, -0.15) is 5.10 Å². The Morgan fingerprint density at radius 2 is 1.95 bits per heavy atom. The molecule has 0 aliphatic heterocycles. The molecule has 4 aromatic heterocycles. The molecule has 4 heterocycles. The molecule has 10 nitrogen and oxygen atoms in total. The molecule has 1 amide bonds. The van der Waals surface area contributed by atoms with Crippen molar-refractivity contribution in [2.45, 2.75) is 19.5 Å². The number of carbonyl (C=O) groups excluding carboxylic acids is 1. The van der Waals surface area contributed by atoms with Crippen LogP contribution in [0.2, 0.25) is 5.02 Å². The van der Waals surface area contributed by atoms with Gasteiger partial charge in [0.25, 0.3) is 5.56 Å². The number of hydrogen-bond donors (Lipinski definition) is 3. The summed E-state index contributed by atoms with van der Waals surface area (Å²) in [4.78, 5) is 38.0. The van der Waals surface area contributed by atoms with E-state index < -0.39 is 0 Å². The Morgan fingerprint density at radius 3 is 2.73 bits per heavy atom. The highest BCUT2D eigenvalue weighted by Gasteiger charge is 2.16. The number of aromatic amines is 1. The van der Waals surface area contributed by atoms with Gasteiger partial charge < -0.3 is 15.6 Å². The second-order valence-electron chi connectivity index (χ2n) is 8.60. The molecule has 11 heteroatoms. The Kier molecular flexibility index (Phi) is 7.00. The molecule has 0 radical (unpaired) electrons. The molecule has 0 saturated heterocycles. The predicted octanol–water partition coefficient (Wildman–Crippen LogP) is 3.14. The van der Waals surface area contributed by atoms with Crippen LogP contribution in [0.25, 0.3) is 22.3 Å². The number of hydrogen-bond acceptors (Lipinski definition) is 6. The number of carbonyl (C=O) groups is 1. The van der Waals surface area contributed by atoms with Crippen molar-refractivity contribution >= 4 is 34.4 Å². The maximum Gasteiger partial charge on any atom is 0.294 e. The van der Waals surface area contributed by atoms with E-state index in [4.69, 9.17) is 11.6 Å². The number of benzene rings is 1. The lowest BCUT2D eigenvalue weighted by Gasteiger charge is -2.14. The summed E-state index contributed by atoms with van der Waals surface area (Å²) in [6, 6.07) is 11.8. The number of halogens is 1. The maximum absolute atomic E-state index is 13.4. The Morgan fingerprint density at radius 1 is 1.11 bits per heavy atom. The van der Waals surface area contributed by atoms with Crippen LogP contribution in [0.5, 0.6) is 0 Å². The number of pyridine rings is 1. The maximum atomic E-state index is 13.4. The van der Waals surface area contributed by atoms with E-state index in [0.717, 1.165) is 22.9 Å². The Balaban J connectivity index is 1.33. The van der Waals surface area contributed by atoms with Crippen molar-refractivity contribution in [2.24, 2.45) is 7.05 Å². The fourth-order valence-electron chi connectivity index (χ4n) is 4.03. The van der Waals surface area contributed by atoms with E-state index in [1.54, 1.807) is 42.7 Å². The molecule has 188 valence electrons. The molecule has 3 N–H and O–H groups in total. The Hall–Kier alpha value is -4.44. The van der Waals surface area contributed by atoms with Gasteiger partial charge in [0, 0.05) is 49.7 Å². The van der Waals surface area contributed by atoms with E-state index in [9.17, 15) is 9.59 Å². The zero-order valence-corrected chi connectivity index (χ0v) is 20.9. The quantitative estimate of drug-likeness (QED) is 0.276. The van der Waals surface area contributed by atoms with Crippen LogP contribution in [-0.2, 0) is 31.4 Å². The minimum Gasteiger partial charge on any atom is -0.365 e. The summed E-state index contributed by atoms with van der Waals surface area (Å²) in [5.74, 6) is -0.137. The monoisotopic (exact) mass is 516 g/mol. The summed E-state index contributed by atoms with van der Waals surface area (Å²) in [5.41, 5.74) is 3.43. The lowest BCUT2D eigenvalue weighted by Crippen LogP contribution is -2.34. The first kappa shape index (κ1) is 24.3. The van der Waals surface area contributed by atoms with Gasteiger partial charge in [0.1, 0.15) is 12.2 Å². The largest absolute Gasteiger partial charge is 0.365 e. The molecule has 0 aliphatic carbocycles. The van der Waals surface area contributed by atoms with Gasteiger partial charge in [-0.3, -0.25) is 18.8 Å². The summed E-state index contributed by atoms with van der Waals surface area (Å²) >= 11 is 6.18. The third-order valence-corrected chi connectivity index (χ3v) is 6.25. The van der Waals surface area contributed by atoms with E-state index in [1.165, 1.54) is 4.57 Å². The van der Waals surface area contributed by atoms with Gasteiger partial charge in [-0.1, -0.05) is 41.9 Å². The average Bonchev–Trinajstić information content (AvgIpc) is 3.50. The van der Waals surface area contributed by atoms with Gasteiger partial charge in [-0.15, -0.1) is 0 Å².